The van der Waals surface area contributed by atoms with Gasteiger partial charge in [0.2, 0.25) is 0 Å². The summed E-state index contributed by atoms with van der Waals surface area (Å²) in [6, 6.07) is 27.5. The average molecular weight is 440 g/mol. The molecule has 0 aliphatic heterocycles. The normalized spacial score (nSPS) is 10.9. The van der Waals surface area contributed by atoms with Gasteiger partial charge in [-0.15, -0.1) is 11.3 Å². The van der Waals surface area contributed by atoms with E-state index < -0.39 is 11.7 Å². The van der Waals surface area contributed by atoms with E-state index in [0.717, 1.165) is 27.8 Å². The summed E-state index contributed by atoms with van der Waals surface area (Å²) in [7, 11) is 0. The Labute approximate surface area is 188 Å². The predicted octanol–water partition coefficient (Wildman–Crippen LogP) is 6.60. The molecule has 0 aliphatic rings. The second-order valence-corrected chi connectivity index (χ2v) is 8.28. The first kappa shape index (κ1) is 19.9. The van der Waals surface area contributed by atoms with E-state index in [-0.39, 0.29) is 0 Å². The number of anilines is 2. The van der Waals surface area contributed by atoms with Gasteiger partial charge in [0.25, 0.3) is 5.91 Å². The molecular weight excluding hydrogens is 421 g/mol. The summed E-state index contributed by atoms with van der Waals surface area (Å²) >= 11 is 1.23. The molecule has 6 heteroatoms. The molecular formula is C26H18FN3OS. The summed E-state index contributed by atoms with van der Waals surface area (Å²) in [5, 5.41) is 3.47. The molecule has 4 nitrogen and oxygen atoms in total. The molecule has 0 saturated carbocycles. The van der Waals surface area contributed by atoms with Gasteiger partial charge in [-0.2, -0.15) is 0 Å². The van der Waals surface area contributed by atoms with Gasteiger partial charge in [0, 0.05) is 16.6 Å². The fourth-order valence-corrected chi connectivity index (χ4v) is 4.66. The zero-order chi connectivity index (χ0) is 22.1. The Balaban J connectivity index is 1.67. The minimum Gasteiger partial charge on any atom is -0.397 e. The number of benzene rings is 3. The van der Waals surface area contributed by atoms with E-state index >= 15 is 0 Å². The number of amides is 1. The van der Waals surface area contributed by atoms with Crippen molar-refractivity contribution in [3.8, 4) is 22.4 Å². The topological polar surface area (TPSA) is 68.0 Å². The molecule has 3 aromatic carbocycles. The molecule has 156 valence electrons. The molecule has 0 atom stereocenters. The smallest absolute Gasteiger partial charge is 0.267 e. The van der Waals surface area contributed by atoms with Crippen molar-refractivity contribution in [1.82, 2.24) is 4.98 Å². The minimum absolute atomic E-state index is 0.346. The molecule has 5 rings (SSSR count). The standard InChI is InChI=1S/C26H18FN3OS/c27-18-12-7-13-19(14-18)29-25(31)24-23(28)22-20(16-8-3-1-4-9-16)15-21(30-26(22)32-24)17-10-5-2-6-11-17/h1-15H,28H2,(H,29,31). The Bertz CT molecular complexity index is 1430. The average Bonchev–Trinajstić information content (AvgIpc) is 3.16. The van der Waals surface area contributed by atoms with Gasteiger partial charge in [0.15, 0.2) is 0 Å². The monoisotopic (exact) mass is 439 g/mol. The number of carbonyl (C=O) groups excluding carboxylic acids is 1. The van der Waals surface area contributed by atoms with Crippen LogP contribution in [0.5, 0.6) is 0 Å². The Kier molecular flexibility index (Phi) is 5.13. The third kappa shape index (κ3) is 3.72. The first-order valence-corrected chi connectivity index (χ1v) is 10.8. The van der Waals surface area contributed by atoms with Gasteiger partial charge in [0.1, 0.15) is 15.5 Å². The van der Waals surface area contributed by atoms with Gasteiger partial charge in [-0.3, -0.25) is 4.79 Å². The Morgan fingerprint density at radius 2 is 1.56 bits per heavy atom. The summed E-state index contributed by atoms with van der Waals surface area (Å²) in [5.41, 5.74) is 10.9. The maximum Gasteiger partial charge on any atom is 0.267 e. The first-order valence-electron chi connectivity index (χ1n) is 10.0. The van der Waals surface area contributed by atoms with Crippen molar-refractivity contribution in [2.45, 2.75) is 0 Å². The fraction of sp³-hybridized carbons (Fsp3) is 0. The van der Waals surface area contributed by atoms with Crippen molar-refractivity contribution in [2.75, 3.05) is 11.1 Å². The zero-order valence-electron chi connectivity index (χ0n) is 16.9. The molecule has 2 heterocycles. The van der Waals surface area contributed by atoms with Crippen LogP contribution in [-0.4, -0.2) is 10.9 Å². The van der Waals surface area contributed by atoms with Crippen LogP contribution in [0.1, 0.15) is 9.67 Å². The van der Waals surface area contributed by atoms with Crippen molar-refractivity contribution in [1.29, 1.82) is 0 Å². The molecule has 0 saturated heterocycles. The molecule has 5 aromatic rings. The largest absolute Gasteiger partial charge is 0.397 e. The van der Waals surface area contributed by atoms with Crippen LogP contribution in [0.2, 0.25) is 0 Å². The molecule has 0 unspecified atom stereocenters. The number of rotatable bonds is 4. The molecule has 1 amide bonds. The van der Waals surface area contributed by atoms with Crippen molar-refractivity contribution in [3.63, 3.8) is 0 Å². The van der Waals surface area contributed by atoms with Crippen molar-refractivity contribution in [2.24, 2.45) is 0 Å². The quantitative estimate of drug-likeness (QED) is 0.331. The Morgan fingerprint density at radius 1 is 0.875 bits per heavy atom. The highest BCUT2D eigenvalue weighted by atomic mass is 32.1. The van der Waals surface area contributed by atoms with E-state index in [1.54, 1.807) is 12.1 Å². The van der Waals surface area contributed by atoms with Gasteiger partial charge >= 0.3 is 0 Å². The van der Waals surface area contributed by atoms with Crippen LogP contribution >= 0.6 is 11.3 Å². The summed E-state index contributed by atoms with van der Waals surface area (Å²) in [5.74, 6) is -0.816. The number of aromatic nitrogens is 1. The van der Waals surface area contributed by atoms with Crippen molar-refractivity contribution in [3.05, 3.63) is 102 Å². The molecule has 0 spiro atoms. The number of nitrogens with one attached hydrogen (secondary N) is 1. The summed E-state index contributed by atoms with van der Waals surface area (Å²) < 4.78 is 13.5. The van der Waals surface area contributed by atoms with Gasteiger partial charge in [-0.05, 0) is 35.4 Å². The highest BCUT2D eigenvalue weighted by molar-refractivity contribution is 7.21. The number of thiophene rings is 1. The molecule has 2 aromatic heterocycles. The molecule has 0 fully saturated rings. The lowest BCUT2D eigenvalue weighted by Gasteiger charge is -2.09. The minimum atomic E-state index is -0.423. The third-order valence-electron chi connectivity index (χ3n) is 5.14. The number of nitrogens with two attached hydrogens (primary N) is 1. The van der Waals surface area contributed by atoms with Gasteiger partial charge < -0.3 is 11.1 Å². The highest BCUT2D eigenvalue weighted by Crippen LogP contribution is 2.41. The molecule has 0 aliphatic carbocycles. The Morgan fingerprint density at radius 3 is 2.25 bits per heavy atom. The maximum absolute atomic E-state index is 13.5. The van der Waals surface area contributed by atoms with Crippen LogP contribution in [0.3, 0.4) is 0 Å². The number of hydrogen-bond donors (Lipinski definition) is 2. The lowest BCUT2D eigenvalue weighted by atomic mass is 9.99. The summed E-state index contributed by atoms with van der Waals surface area (Å²) in [4.78, 5) is 18.8. The third-order valence-corrected chi connectivity index (χ3v) is 6.24. The number of halogens is 1. The molecule has 3 N–H and O–H groups in total. The summed E-state index contributed by atoms with van der Waals surface area (Å²) in [6.45, 7) is 0. The van der Waals surface area contributed by atoms with Crippen LogP contribution in [0.4, 0.5) is 15.8 Å². The second-order valence-electron chi connectivity index (χ2n) is 7.28. The van der Waals surface area contributed by atoms with Crippen LogP contribution in [-0.2, 0) is 0 Å². The fourth-order valence-electron chi connectivity index (χ4n) is 3.65. The van der Waals surface area contributed by atoms with Gasteiger partial charge in [-0.1, -0.05) is 66.7 Å². The van der Waals surface area contributed by atoms with Crippen molar-refractivity contribution >= 4 is 38.8 Å². The first-order chi connectivity index (χ1) is 15.6. The highest BCUT2D eigenvalue weighted by Gasteiger charge is 2.21. The molecule has 0 radical (unpaired) electrons. The van der Waals surface area contributed by atoms with Crippen LogP contribution in [0, 0.1) is 5.82 Å². The van der Waals surface area contributed by atoms with E-state index in [9.17, 15) is 9.18 Å². The SMILES string of the molecule is Nc1c(C(=O)Nc2cccc(F)c2)sc2nc(-c3ccccc3)cc(-c3ccccc3)c12. The number of hydrogen-bond acceptors (Lipinski definition) is 4. The number of nitrogens with zero attached hydrogens (tertiary/aromatic N) is 1. The second kappa shape index (κ2) is 8.24. The zero-order valence-corrected chi connectivity index (χ0v) is 17.7. The van der Waals surface area contributed by atoms with E-state index in [4.69, 9.17) is 10.7 Å². The number of nitrogen functional groups attached to an aromatic ring is 1. The van der Waals surface area contributed by atoms with Crippen LogP contribution in [0.25, 0.3) is 32.6 Å². The lowest BCUT2D eigenvalue weighted by Crippen LogP contribution is -2.12. The van der Waals surface area contributed by atoms with E-state index in [1.165, 1.54) is 23.5 Å². The van der Waals surface area contributed by atoms with E-state index in [1.807, 2.05) is 66.7 Å². The van der Waals surface area contributed by atoms with Crippen LogP contribution in [0.15, 0.2) is 91.0 Å². The van der Waals surface area contributed by atoms with Gasteiger partial charge in [-0.25, -0.2) is 9.37 Å². The molecule has 0 bridgehead atoms. The Hall–Kier alpha value is -4.03. The van der Waals surface area contributed by atoms with Crippen molar-refractivity contribution < 1.29 is 9.18 Å². The van der Waals surface area contributed by atoms with Gasteiger partial charge in [0.05, 0.1) is 11.4 Å². The predicted molar refractivity (Wildman–Crippen MR) is 129 cm³/mol. The van der Waals surface area contributed by atoms with Crippen LogP contribution < -0.4 is 11.1 Å². The number of fused-ring (bicyclic) bond motifs is 1. The van der Waals surface area contributed by atoms with E-state index in [2.05, 4.69) is 5.32 Å². The number of carbonyl (C=O) groups is 1. The number of pyridine rings is 1. The molecule has 32 heavy (non-hydrogen) atoms. The lowest BCUT2D eigenvalue weighted by molar-refractivity contribution is 0.103. The van der Waals surface area contributed by atoms with E-state index in [0.29, 0.717) is 21.1 Å². The summed E-state index contributed by atoms with van der Waals surface area (Å²) in [6.07, 6.45) is 0. The maximum atomic E-state index is 13.5.